The Hall–Kier alpha value is -4.01. The second kappa shape index (κ2) is 8.50. The van der Waals surface area contributed by atoms with Crippen LogP contribution >= 0.6 is 0 Å². The average Bonchev–Trinajstić information content (AvgIpc) is 3.37. The summed E-state index contributed by atoms with van der Waals surface area (Å²) in [6.45, 7) is 5.26. The highest BCUT2D eigenvalue weighted by Crippen LogP contribution is 2.32. The summed E-state index contributed by atoms with van der Waals surface area (Å²) in [4.78, 5) is 18.0. The number of aryl methyl sites for hydroxylation is 3. The molecule has 0 aliphatic carbocycles. The van der Waals surface area contributed by atoms with Crippen LogP contribution in [0.2, 0.25) is 0 Å². The van der Waals surface area contributed by atoms with Gasteiger partial charge in [-0.15, -0.1) is 10.2 Å². The van der Waals surface area contributed by atoms with Crippen LogP contribution < -0.4 is 10.1 Å². The van der Waals surface area contributed by atoms with Crippen LogP contribution in [0.4, 0.5) is 5.82 Å². The monoisotopic (exact) mass is 443 g/mol. The number of hydrogen-bond acceptors (Lipinski definition) is 6. The van der Waals surface area contributed by atoms with Crippen molar-refractivity contribution in [2.45, 2.75) is 33.2 Å². The first-order chi connectivity index (χ1) is 16.0. The van der Waals surface area contributed by atoms with Crippen molar-refractivity contribution in [2.24, 2.45) is 7.05 Å². The van der Waals surface area contributed by atoms with Crippen molar-refractivity contribution in [3.63, 3.8) is 0 Å². The van der Waals surface area contributed by atoms with Crippen molar-refractivity contribution >= 4 is 11.7 Å². The van der Waals surface area contributed by atoms with Crippen molar-refractivity contribution in [2.75, 3.05) is 11.9 Å². The Kier molecular flexibility index (Phi) is 5.37. The Bertz CT molecular complexity index is 1340. The van der Waals surface area contributed by atoms with E-state index in [2.05, 4.69) is 25.6 Å². The molecule has 3 aromatic heterocycles. The van der Waals surface area contributed by atoms with Crippen molar-refractivity contribution in [1.82, 2.24) is 29.5 Å². The number of amides is 1. The van der Waals surface area contributed by atoms with E-state index < -0.39 is 0 Å². The average molecular weight is 444 g/mol. The number of nitrogens with zero attached hydrogens (tertiary/aromatic N) is 6. The molecule has 5 rings (SSSR count). The van der Waals surface area contributed by atoms with Gasteiger partial charge < -0.3 is 14.6 Å². The standard InChI is InChI=1S/C24H25N7O2/c1-15-22(16(2)30(3)29-15)17-9-10-20-18(13-17)24(32)27-21-8-6-7-19(26-21)23-28-25-14-31(23)11-4-5-12-33-20/h6-10,13-14H,4-5,11-12H2,1-3H3,(H,26,27,32). The van der Waals surface area contributed by atoms with Crippen LogP contribution in [0.25, 0.3) is 22.6 Å². The molecule has 0 spiro atoms. The van der Waals surface area contributed by atoms with Crippen LogP contribution in [-0.2, 0) is 13.6 Å². The second-order valence-corrected chi connectivity index (χ2v) is 8.15. The molecule has 1 aliphatic rings. The lowest BCUT2D eigenvalue weighted by molar-refractivity contribution is 0.102. The minimum atomic E-state index is -0.283. The summed E-state index contributed by atoms with van der Waals surface area (Å²) >= 11 is 0. The minimum Gasteiger partial charge on any atom is -0.493 e. The second-order valence-electron chi connectivity index (χ2n) is 8.15. The van der Waals surface area contributed by atoms with Gasteiger partial charge in [0.1, 0.15) is 23.6 Å². The number of rotatable bonds is 1. The lowest BCUT2D eigenvalue weighted by Gasteiger charge is -2.15. The predicted molar refractivity (Wildman–Crippen MR) is 124 cm³/mol. The molecule has 0 saturated heterocycles. The zero-order chi connectivity index (χ0) is 22.9. The summed E-state index contributed by atoms with van der Waals surface area (Å²) in [6, 6.07) is 11.2. The number of benzene rings is 1. The van der Waals surface area contributed by atoms with E-state index in [4.69, 9.17) is 4.74 Å². The van der Waals surface area contributed by atoms with Gasteiger partial charge in [-0.2, -0.15) is 5.10 Å². The van der Waals surface area contributed by atoms with E-state index in [0.29, 0.717) is 35.3 Å². The van der Waals surface area contributed by atoms with Crippen LogP contribution in [0.1, 0.15) is 34.6 Å². The maximum absolute atomic E-state index is 13.4. The summed E-state index contributed by atoms with van der Waals surface area (Å²) in [5.74, 6) is 1.38. The molecule has 4 aromatic rings. The van der Waals surface area contributed by atoms with E-state index in [9.17, 15) is 4.79 Å². The first-order valence-corrected chi connectivity index (χ1v) is 11.0. The molecule has 1 amide bonds. The third kappa shape index (κ3) is 3.97. The number of fused-ring (bicyclic) bond motifs is 5. The fourth-order valence-electron chi connectivity index (χ4n) is 4.18. The number of nitrogens with one attached hydrogen (secondary N) is 1. The van der Waals surface area contributed by atoms with Crippen LogP contribution in [0.5, 0.6) is 5.75 Å². The third-order valence-electron chi connectivity index (χ3n) is 5.91. The number of aromatic nitrogens is 6. The van der Waals surface area contributed by atoms with E-state index in [0.717, 1.165) is 41.9 Å². The fourth-order valence-corrected chi connectivity index (χ4v) is 4.18. The Balaban J connectivity index is 1.56. The van der Waals surface area contributed by atoms with Gasteiger partial charge in [0.05, 0.1) is 17.9 Å². The number of pyridine rings is 1. The summed E-state index contributed by atoms with van der Waals surface area (Å²) in [5, 5.41) is 15.7. The molecule has 33 heavy (non-hydrogen) atoms. The quantitative estimate of drug-likeness (QED) is 0.481. The number of carbonyl (C=O) groups excluding carboxylic acids is 1. The van der Waals surface area contributed by atoms with Gasteiger partial charge in [-0.25, -0.2) is 4.98 Å². The van der Waals surface area contributed by atoms with Gasteiger partial charge in [-0.3, -0.25) is 9.48 Å². The van der Waals surface area contributed by atoms with Crippen molar-refractivity contribution in [1.29, 1.82) is 0 Å². The number of ether oxygens (including phenoxy) is 1. The summed E-state index contributed by atoms with van der Waals surface area (Å²) in [5.41, 5.74) is 5.01. The molecule has 9 nitrogen and oxygen atoms in total. The molecule has 0 atom stereocenters. The molecule has 0 saturated carbocycles. The molecule has 168 valence electrons. The zero-order valence-electron chi connectivity index (χ0n) is 18.9. The Morgan fingerprint density at radius 2 is 2.00 bits per heavy atom. The fraction of sp³-hybridized carbons (Fsp3) is 0.292. The van der Waals surface area contributed by atoms with Crippen molar-refractivity contribution in [3.8, 4) is 28.4 Å². The normalized spacial score (nSPS) is 14.0. The molecule has 1 N–H and O–H groups in total. The lowest BCUT2D eigenvalue weighted by atomic mass is 10.0. The molecular formula is C24H25N7O2. The Labute approximate surface area is 191 Å². The smallest absolute Gasteiger partial charge is 0.260 e. The molecule has 0 radical (unpaired) electrons. The van der Waals surface area contributed by atoms with Gasteiger partial charge >= 0.3 is 0 Å². The van der Waals surface area contributed by atoms with Gasteiger partial charge in [-0.1, -0.05) is 12.1 Å². The largest absolute Gasteiger partial charge is 0.493 e. The molecular weight excluding hydrogens is 418 g/mol. The van der Waals surface area contributed by atoms with Crippen LogP contribution in [0.3, 0.4) is 0 Å². The molecule has 0 unspecified atom stereocenters. The van der Waals surface area contributed by atoms with E-state index in [1.54, 1.807) is 12.4 Å². The summed E-state index contributed by atoms with van der Waals surface area (Å²) in [6.07, 6.45) is 3.42. The highest BCUT2D eigenvalue weighted by atomic mass is 16.5. The number of hydrogen-bond donors (Lipinski definition) is 1. The molecule has 1 aliphatic heterocycles. The third-order valence-corrected chi connectivity index (χ3v) is 5.91. The van der Waals surface area contributed by atoms with Crippen LogP contribution in [-0.4, -0.2) is 42.0 Å². The van der Waals surface area contributed by atoms with Crippen molar-refractivity contribution in [3.05, 3.63) is 59.7 Å². The molecule has 9 heteroatoms. The molecule has 1 aromatic carbocycles. The van der Waals surface area contributed by atoms with E-state index in [-0.39, 0.29) is 5.91 Å². The first-order valence-electron chi connectivity index (χ1n) is 11.0. The summed E-state index contributed by atoms with van der Waals surface area (Å²) in [7, 11) is 1.92. The van der Waals surface area contributed by atoms with Gasteiger partial charge in [-0.05, 0) is 56.5 Å². The maximum atomic E-state index is 13.4. The number of anilines is 1. The van der Waals surface area contributed by atoms with Gasteiger partial charge in [0.2, 0.25) is 0 Å². The minimum absolute atomic E-state index is 0.283. The SMILES string of the molecule is Cc1nn(C)c(C)c1-c1ccc2c(c1)C(=O)Nc1cccc(n1)-c1nncn1CCCCO2. The van der Waals surface area contributed by atoms with Crippen molar-refractivity contribution < 1.29 is 9.53 Å². The topological polar surface area (TPSA) is 99.8 Å². The predicted octanol–water partition coefficient (Wildman–Crippen LogP) is 3.78. The number of carbonyl (C=O) groups is 1. The van der Waals surface area contributed by atoms with Crippen LogP contribution in [0, 0.1) is 13.8 Å². The van der Waals surface area contributed by atoms with Gasteiger partial charge in [0.25, 0.3) is 5.91 Å². The molecule has 2 bridgehead atoms. The summed E-state index contributed by atoms with van der Waals surface area (Å²) < 4.78 is 9.86. The molecule has 0 fully saturated rings. The van der Waals surface area contributed by atoms with E-state index in [1.165, 1.54) is 0 Å². The van der Waals surface area contributed by atoms with Gasteiger partial charge in [0.15, 0.2) is 5.82 Å². The zero-order valence-corrected chi connectivity index (χ0v) is 18.9. The van der Waals surface area contributed by atoms with Crippen LogP contribution in [0.15, 0.2) is 42.7 Å². The van der Waals surface area contributed by atoms with E-state index in [1.807, 2.05) is 60.5 Å². The Morgan fingerprint density at radius 1 is 1.12 bits per heavy atom. The first kappa shape index (κ1) is 20.9. The Morgan fingerprint density at radius 3 is 2.82 bits per heavy atom. The highest BCUT2D eigenvalue weighted by Gasteiger charge is 2.19. The molecule has 4 heterocycles. The van der Waals surface area contributed by atoms with Gasteiger partial charge in [0, 0.05) is 24.8 Å². The van der Waals surface area contributed by atoms with E-state index >= 15 is 0 Å². The lowest BCUT2D eigenvalue weighted by Crippen LogP contribution is -2.16. The highest BCUT2D eigenvalue weighted by molar-refractivity contribution is 6.06. The maximum Gasteiger partial charge on any atom is 0.260 e.